The van der Waals surface area contributed by atoms with Gasteiger partial charge in [0, 0.05) is 0 Å². The summed E-state index contributed by atoms with van der Waals surface area (Å²) in [5, 5.41) is 34.9. The van der Waals surface area contributed by atoms with Crippen LogP contribution in [0.15, 0.2) is 12.8 Å². The van der Waals surface area contributed by atoms with Gasteiger partial charge in [0.05, 0.1) is 0 Å². The fraction of sp³-hybridized carbons (Fsp3) is 0.375. The van der Waals surface area contributed by atoms with Crippen molar-refractivity contribution in [1.82, 2.24) is 5.32 Å². The third kappa shape index (κ3) is 10.2. The lowest BCUT2D eigenvalue weighted by atomic mass is 10.2. The van der Waals surface area contributed by atoms with Gasteiger partial charge in [-0.25, -0.2) is 4.79 Å². The Hall–Kier alpha value is -2.13. The van der Waals surface area contributed by atoms with E-state index in [1.807, 2.05) is 0 Å². The average molecular weight is 250 g/mol. The van der Waals surface area contributed by atoms with Crippen LogP contribution >= 0.6 is 0 Å². The molecule has 0 aliphatic carbocycles. The summed E-state index contributed by atoms with van der Waals surface area (Å²) in [7, 11) is 0. The van der Waals surface area contributed by atoms with Gasteiger partial charge >= 0.3 is 17.9 Å². The molecule has 0 fully saturated rings. The van der Waals surface area contributed by atoms with Gasteiger partial charge in [-0.1, -0.05) is 6.58 Å². The molecule has 0 amide bonds. The number of aliphatic carboxylic acids is 3. The number of aliphatic hydroxyl groups excluding tert-OH is 1. The monoisotopic (exact) mass is 250 g/mol. The van der Waals surface area contributed by atoms with Gasteiger partial charge in [0.1, 0.15) is 12.6 Å². The molecule has 98 valence electrons. The summed E-state index contributed by atoms with van der Waals surface area (Å²) >= 11 is 0. The molecule has 0 aromatic rings. The first-order valence-corrected chi connectivity index (χ1v) is 4.19. The standard InChI is InChI=1S/C4H7NO5.C4H7NO2/c5-1(3(7)8)2(6)4(9)10;1-2-5-3-4(6)7/h1-2,6H,5H2,(H,7,8)(H,9,10);2,5H,1,3H2,(H,6,7). The average Bonchev–Trinajstić information content (AvgIpc) is 2.24. The normalized spacial score (nSPS) is 12.4. The van der Waals surface area contributed by atoms with Crippen molar-refractivity contribution >= 4 is 17.9 Å². The maximum absolute atomic E-state index is 9.90. The van der Waals surface area contributed by atoms with E-state index < -0.39 is 30.1 Å². The SMILES string of the molecule is C=CNCC(=O)O.NC(C(=O)O)C(O)C(=O)O. The van der Waals surface area contributed by atoms with Crippen LogP contribution in [0.3, 0.4) is 0 Å². The van der Waals surface area contributed by atoms with Gasteiger partial charge in [-0.3, -0.25) is 9.59 Å². The van der Waals surface area contributed by atoms with Gasteiger partial charge in [-0.15, -0.1) is 0 Å². The molecule has 0 spiro atoms. The molecule has 0 saturated carbocycles. The van der Waals surface area contributed by atoms with Crippen molar-refractivity contribution in [2.45, 2.75) is 12.1 Å². The highest BCUT2D eigenvalue weighted by molar-refractivity contribution is 5.83. The fourth-order valence-electron chi connectivity index (χ4n) is 0.448. The van der Waals surface area contributed by atoms with Crippen molar-refractivity contribution in [2.75, 3.05) is 6.54 Å². The number of rotatable bonds is 6. The van der Waals surface area contributed by atoms with E-state index in [0.29, 0.717) is 0 Å². The largest absolute Gasteiger partial charge is 0.480 e. The highest BCUT2D eigenvalue weighted by Gasteiger charge is 2.27. The summed E-state index contributed by atoms with van der Waals surface area (Å²) in [6.45, 7) is 3.21. The number of hydrogen-bond acceptors (Lipinski definition) is 6. The van der Waals surface area contributed by atoms with Crippen molar-refractivity contribution in [3.05, 3.63) is 12.8 Å². The Morgan fingerprint density at radius 1 is 1.24 bits per heavy atom. The van der Waals surface area contributed by atoms with E-state index in [1.54, 1.807) is 0 Å². The molecule has 2 atom stereocenters. The van der Waals surface area contributed by atoms with Crippen LogP contribution in [0.25, 0.3) is 0 Å². The van der Waals surface area contributed by atoms with Gasteiger partial charge in [-0.05, 0) is 6.20 Å². The first kappa shape index (κ1) is 17.3. The van der Waals surface area contributed by atoms with Crippen LogP contribution in [0.1, 0.15) is 0 Å². The molecule has 0 saturated heterocycles. The Bertz CT molecular complexity index is 274. The number of carboxylic acid groups (broad SMARTS) is 3. The van der Waals surface area contributed by atoms with Crippen LogP contribution in [0.5, 0.6) is 0 Å². The Kier molecular flexibility index (Phi) is 9.27. The van der Waals surface area contributed by atoms with Crippen molar-refractivity contribution in [1.29, 1.82) is 0 Å². The molecule has 0 aromatic carbocycles. The van der Waals surface area contributed by atoms with Crippen LogP contribution in [0.2, 0.25) is 0 Å². The number of carboxylic acids is 3. The number of hydrogen-bond donors (Lipinski definition) is 6. The molecule has 2 unspecified atom stereocenters. The quantitative estimate of drug-likeness (QED) is 0.302. The first-order valence-electron chi connectivity index (χ1n) is 4.19. The zero-order chi connectivity index (χ0) is 14.0. The van der Waals surface area contributed by atoms with Crippen LogP contribution in [-0.4, -0.2) is 57.0 Å². The minimum atomic E-state index is -2.04. The minimum absolute atomic E-state index is 0.0521. The number of carbonyl (C=O) groups is 3. The topological polar surface area (TPSA) is 170 Å². The van der Waals surface area contributed by atoms with Gasteiger partial charge in [0.25, 0.3) is 0 Å². The van der Waals surface area contributed by atoms with Gasteiger partial charge in [-0.2, -0.15) is 0 Å². The van der Waals surface area contributed by atoms with E-state index in [4.69, 9.17) is 26.2 Å². The molecule has 0 bridgehead atoms. The summed E-state index contributed by atoms with van der Waals surface area (Å²) in [6, 6.07) is -1.77. The van der Waals surface area contributed by atoms with E-state index in [9.17, 15) is 14.4 Å². The van der Waals surface area contributed by atoms with Crippen LogP contribution < -0.4 is 11.1 Å². The Morgan fingerprint density at radius 3 is 1.82 bits per heavy atom. The molecule has 0 aliphatic heterocycles. The number of nitrogens with one attached hydrogen (secondary N) is 1. The molecule has 9 nitrogen and oxygen atoms in total. The molecule has 17 heavy (non-hydrogen) atoms. The van der Waals surface area contributed by atoms with E-state index >= 15 is 0 Å². The third-order valence-electron chi connectivity index (χ3n) is 1.28. The van der Waals surface area contributed by atoms with Crippen LogP contribution in [-0.2, 0) is 14.4 Å². The van der Waals surface area contributed by atoms with E-state index in [1.165, 1.54) is 6.20 Å². The van der Waals surface area contributed by atoms with Crippen molar-refractivity contribution in [3.8, 4) is 0 Å². The molecule has 0 rings (SSSR count). The zero-order valence-corrected chi connectivity index (χ0v) is 8.74. The summed E-state index contributed by atoms with van der Waals surface area (Å²) < 4.78 is 0. The lowest BCUT2D eigenvalue weighted by molar-refractivity contribution is -0.154. The molecule has 7 N–H and O–H groups in total. The van der Waals surface area contributed by atoms with E-state index in [-0.39, 0.29) is 6.54 Å². The highest BCUT2D eigenvalue weighted by Crippen LogP contribution is 1.89. The molecule has 0 heterocycles. The first-order chi connectivity index (χ1) is 7.73. The second kappa shape index (κ2) is 9.12. The highest BCUT2D eigenvalue weighted by atomic mass is 16.4. The third-order valence-corrected chi connectivity index (χ3v) is 1.28. The Balaban J connectivity index is 0. The zero-order valence-electron chi connectivity index (χ0n) is 8.74. The summed E-state index contributed by atoms with van der Waals surface area (Å²) in [5.41, 5.74) is 4.73. The predicted octanol–water partition coefficient (Wildman–Crippen LogP) is -2.35. The minimum Gasteiger partial charge on any atom is -0.480 e. The van der Waals surface area contributed by atoms with E-state index in [2.05, 4.69) is 11.9 Å². The Morgan fingerprint density at radius 2 is 1.71 bits per heavy atom. The van der Waals surface area contributed by atoms with Crippen molar-refractivity contribution in [2.24, 2.45) is 5.73 Å². The fourth-order valence-corrected chi connectivity index (χ4v) is 0.448. The summed E-state index contributed by atoms with van der Waals surface area (Å²) in [5.74, 6) is -4.07. The number of aliphatic hydroxyl groups is 1. The van der Waals surface area contributed by atoms with Crippen LogP contribution in [0, 0.1) is 0 Å². The predicted molar refractivity (Wildman–Crippen MR) is 55.1 cm³/mol. The summed E-state index contributed by atoms with van der Waals surface area (Å²) in [6.07, 6.45) is -0.703. The molecule has 0 aliphatic rings. The van der Waals surface area contributed by atoms with Gasteiger partial charge in [0.15, 0.2) is 6.10 Å². The number of nitrogens with two attached hydrogens (primary N) is 1. The maximum Gasteiger partial charge on any atom is 0.334 e. The molecule has 9 heteroatoms. The smallest absolute Gasteiger partial charge is 0.334 e. The van der Waals surface area contributed by atoms with Crippen molar-refractivity contribution < 1.29 is 34.8 Å². The molecule has 0 aromatic heterocycles. The van der Waals surface area contributed by atoms with Crippen molar-refractivity contribution in [3.63, 3.8) is 0 Å². The molecular formula is C8H14N2O7. The molecule has 0 radical (unpaired) electrons. The Labute approximate surface area is 96.2 Å². The second-order valence-electron chi connectivity index (χ2n) is 2.63. The lowest BCUT2D eigenvalue weighted by Gasteiger charge is -2.08. The van der Waals surface area contributed by atoms with Gasteiger partial charge < -0.3 is 31.5 Å². The van der Waals surface area contributed by atoms with E-state index in [0.717, 1.165) is 0 Å². The van der Waals surface area contributed by atoms with Crippen LogP contribution in [0.4, 0.5) is 0 Å². The maximum atomic E-state index is 9.90. The lowest BCUT2D eigenvalue weighted by Crippen LogP contribution is -2.46. The molecular weight excluding hydrogens is 236 g/mol. The van der Waals surface area contributed by atoms with Gasteiger partial charge in [0.2, 0.25) is 0 Å². The second-order valence-corrected chi connectivity index (χ2v) is 2.63. The summed E-state index contributed by atoms with van der Waals surface area (Å²) in [4.78, 5) is 29.4.